The highest BCUT2D eigenvalue weighted by Gasteiger charge is 1.97. The average molecular weight is 191 g/mol. The van der Waals surface area contributed by atoms with Crippen molar-refractivity contribution in [1.29, 1.82) is 0 Å². The third kappa shape index (κ3) is 2.62. The molecule has 0 bridgehead atoms. The van der Waals surface area contributed by atoms with Gasteiger partial charge in [0, 0.05) is 10.0 Å². The number of hydrogen-bond acceptors (Lipinski definition) is 2. The minimum Gasteiger partial charge on any atom is -0.539 e. The average Bonchev–Trinajstić information content (AvgIpc) is 1.85. The van der Waals surface area contributed by atoms with Crippen LogP contribution in [0.2, 0.25) is 10.0 Å². The van der Waals surface area contributed by atoms with E-state index in [0.29, 0.717) is 15.8 Å². The zero-order chi connectivity index (χ0) is 8.27. The van der Waals surface area contributed by atoms with Gasteiger partial charge in [0.15, 0.2) is 0 Å². The molecule has 0 saturated heterocycles. The Bertz CT molecular complexity index is 234. The van der Waals surface area contributed by atoms with Crippen LogP contribution in [0.15, 0.2) is 18.2 Å². The fourth-order valence-electron chi connectivity index (χ4n) is 0.686. The van der Waals surface area contributed by atoms with Gasteiger partial charge >= 0.3 is 7.69 Å². The molecule has 0 radical (unpaired) electrons. The second-order valence-corrected chi connectivity index (χ2v) is 2.75. The Morgan fingerprint density at radius 2 is 1.73 bits per heavy atom. The molecule has 1 rings (SSSR count). The highest BCUT2D eigenvalue weighted by Crippen LogP contribution is 2.23. The Hall–Kier alpha value is -0.375. The summed E-state index contributed by atoms with van der Waals surface area (Å²) in [6.07, 6.45) is 0. The van der Waals surface area contributed by atoms with Crippen molar-refractivity contribution in [3.8, 4) is 5.75 Å². The Morgan fingerprint density at radius 1 is 1.18 bits per heavy atom. The van der Waals surface area contributed by atoms with Crippen molar-refractivity contribution in [2.24, 2.45) is 0 Å². The number of benzene rings is 1. The van der Waals surface area contributed by atoms with E-state index in [1.165, 1.54) is 0 Å². The Balaban J connectivity index is 2.89. The van der Waals surface area contributed by atoms with Crippen LogP contribution in [0.3, 0.4) is 0 Å². The minimum atomic E-state index is -0.378. The highest BCUT2D eigenvalue weighted by molar-refractivity contribution is 6.34. The van der Waals surface area contributed by atoms with Gasteiger partial charge in [-0.3, -0.25) is 0 Å². The standard InChI is InChI=1S/C6H5BCl2O2/c8-4-1-5(9)3-6(2-4)11-7-10/h1-3,7,10H. The van der Waals surface area contributed by atoms with Gasteiger partial charge in [-0.2, -0.15) is 0 Å². The lowest BCUT2D eigenvalue weighted by atomic mass is 10.3. The highest BCUT2D eigenvalue weighted by atomic mass is 35.5. The molecule has 0 aliphatic rings. The van der Waals surface area contributed by atoms with Gasteiger partial charge in [0.25, 0.3) is 0 Å². The molecule has 0 aliphatic heterocycles. The first-order chi connectivity index (χ1) is 5.22. The van der Waals surface area contributed by atoms with E-state index >= 15 is 0 Å². The molecular formula is C6H5BCl2O2. The predicted octanol–water partition coefficient (Wildman–Crippen LogP) is 1.63. The van der Waals surface area contributed by atoms with Gasteiger partial charge in [0.1, 0.15) is 5.75 Å². The molecule has 58 valence electrons. The van der Waals surface area contributed by atoms with Crippen molar-refractivity contribution in [2.45, 2.75) is 0 Å². The third-order valence-electron chi connectivity index (χ3n) is 1.07. The summed E-state index contributed by atoms with van der Waals surface area (Å²) in [5.41, 5.74) is 0. The topological polar surface area (TPSA) is 29.5 Å². The molecule has 0 aromatic heterocycles. The Labute approximate surface area is 75.0 Å². The lowest BCUT2D eigenvalue weighted by Gasteiger charge is -2.01. The maximum atomic E-state index is 8.39. The van der Waals surface area contributed by atoms with Gasteiger partial charge in [-0.15, -0.1) is 0 Å². The molecule has 5 heteroatoms. The van der Waals surface area contributed by atoms with E-state index in [2.05, 4.69) is 0 Å². The van der Waals surface area contributed by atoms with E-state index in [1.807, 2.05) is 0 Å². The zero-order valence-corrected chi connectivity index (χ0v) is 7.06. The summed E-state index contributed by atoms with van der Waals surface area (Å²) in [4.78, 5) is 0. The fraction of sp³-hybridized carbons (Fsp3) is 0. The summed E-state index contributed by atoms with van der Waals surface area (Å²) < 4.78 is 4.75. The lowest BCUT2D eigenvalue weighted by Crippen LogP contribution is -1.99. The largest absolute Gasteiger partial charge is 0.539 e. The first-order valence-electron chi connectivity index (χ1n) is 2.92. The van der Waals surface area contributed by atoms with Crippen LogP contribution in [0.5, 0.6) is 5.75 Å². The predicted molar refractivity (Wildman–Crippen MR) is 46.5 cm³/mol. The SMILES string of the molecule is OBOc1cc(Cl)cc(Cl)c1. The summed E-state index contributed by atoms with van der Waals surface area (Å²) in [6.45, 7) is 0. The molecule has 11 heavy (non-hydrogen) atoms. The minimum absolute atomic E-state index is 0.378. The van der Waals surface area contributed by atoms with Crippen molar-refractivity contribution in [3.05, 3.63) is 28.2 Å². The summed E-state index contributed by atoms with van der Waals surface area (Å²) in [5, 5.41) is 9.37. The van der Waals surface area contributed by atoms with Crippen molar-refractivity contribution in [3.63, 3.8) is 0 Å². The van der Waals surface area contributed by atoms with Crippen LogP contribution in [-0.2, 0) is 0 Å². The molecule has 2 nitrogen and oxygen atoms in total. The lowest BCUT2D eigenvalue weighted by molar-refractivity contribution is 0.454. The first-order valence-corrected chi connectivity index (χ1v) is 3.67. The van der Waals surface area contributed by atoms with Gasteiger partial charge in [0.05, 0.1) is 0 Å². The fourth-order valence-corrected chi connectivity index (χ4v) is 1.19. The van der Waals surface area contributed by atoms with E-state index in [4.69, 9.17) is 32.9 Å². The first kappa shape index (κ1) is 8.72. The summed E-state index contributed by atoms with van der Waals surface area (Å²) in [5.74, 6) is 0.463. The number of halogens is 2. The van der Waals surface area contributed by atoms with Crippen LogP contribution in [-0.4, -0.2) is 12.7 Å². The van der Waals surface area contributed by atoms with E-state index < -0.39 is 0 Å². The molecule has 0 heterocycles. The molecule has 0 saturated carbocycles. The van der Waals surface area contributed by atoms with Crippen LogP contribution in [0.25, 0.3) is 0 Å². The molecule has 1 N–H and O–H groups in total. The Kier molecular flexibility index (Phi) is 3.06. The zero-order valence-electron chi connectivity index (χ0n) is 5.55. The molecule has 0 fully saturated rings. The smallest absolute Gasteiger partial charge is 0.504 e. The van der Waals surface area contributed by atoms with Crippen LogP contribution in [0.4, 0.5) is 0 Å². The second-order valence-electron chi connectivity index (χ2n) is 1.88. The normalized spacial score (nSPS) is 9.36. The molecule has 0 atom stereocenters. The van der Waals surface area contributed by atoms with Gasteiger partial charge in [-0.1, -0.05) is 23.2 Å². The van der Waals surface area contributed by atoms with E-state index in [-0.39, 0.29) is 7.69 Å². The molecular weight excluding hydrogens is 186 g/mol. The summed E-state index contributed by atoms with van der Waals surface area (Å²) >= 11 is 11.3. The van der Waals surface area contributed by atoms with Crippen molar-refractivity contribution < 1.29 is 9.68 Å². The van der Waals surface area contributed by atoms with Gasteiger partial charge in [0.2, 0.25) is 0 Å². The molecule has 0 aliphatic carbocycles. The molecule has 0 unspecified atom stereocenters. The quantitative estimate of drug-likeness (QED) is 0.719. The van der Waals surface area contributed by atoms with Gasteiger partial charge < -0.3 is 9.68 Å². The molecule has 0 spiro atoms. The van der Waals surface area contributed by atoms with Crippen LogP contribution < -0.4 is 4.65 Å². The van der Waals surface area contributed by atoms with Gasteiger partial charge in [-0.05, 0) is 18.2 Å². The van der Waals surface area contributed by atoms with Crippen LogP contribution in [0.1, 0.15) is 0 Å². The van der Waals surface area contributed by atoms with Crippen molar-refractivity contribution in [2.75, 3.05) is 0 Å². The maximum Gasteiger partial charge on any atom is 0.504 e. The maximum absolute atomic E-state index is 8.39. The van der Waals surface area contributed by atoms with Gasteiger partial charge in [-0.25, -0.2) is 0 Å². The van der Waals surface area contributed by atoms with E-state index in [9.17, 15) is 0 Å². The van der Waals surface area contributed by atoms with Crippen LogP contribution >= 0.6 is 23.2 Å². The summed E-state index contributed by atoms with van der Waals surface area (Å²) in [7, 11) is -0.378. The monoisotopic (exact) mass is 190 g/mol. The number of rotatable bonds is 2. The van der Waals surface area contributed by atoms with E-state index in [0.717, 1.165) is 0 Å². The molecule has 1 aromatic carbocycles. The second kappa shape index (κ2) is 3.86. The van der Waals surface area contributed by atoms with E-state index in [1.54, 1.807) is 18.2 Å². The third-order valence-corrected chi connectivity index (χ3v) is 1.50. The molecule has 0 amide bonds. The van der Waals surface area contributed by atoms with Crippen molar-refractivity contribution >= 4 is 30.9 Å². The molecule has 1 aromatic rings. The van der Waals surface area contributed by atoms with Crippen LogP contribution in [0, 0.1) is 0 Å². The Morgan fingerprint density at radius 3 is 2.18 bits per heavy atom. The summed E-state index contributed by atoms with van der Waals surface area (Å²) in [6, 6.07) is 4.74. The number of hydrogen-bond donors (Lipinski definition) is 1. The van der Waals surface area contributed by atoms with Crippen molar-refractivity contribution in [1.82, 2.24) is 0 Å².